The Hall–Kier alpha value is -1.38. The van der Waals surface area contributed by atoms with Crippen molar-refractivity contribution in [1.82, 2.24) is 20.9 Å². The Labute approximate surface area is 143 Å². The first-order chi connectivity index (χ1) is 9.63. The molecule has 21 heavy (non-hydrogen) atoms. The monoisotopic (exact) mass is 405 g/mol. The summed E-state index contributed by atoms with van der Waals surface area (Å²) in [7, 11) is 0. The Balaban J connectivity index is 0.00000400. The number of hydrogen-bond acceptors (Lipinski definition) is 3. The van der Waals surface area contributed by atoms with Gasteiger partial charge in [0.1, 0.15) is 0 Å². The zero-order chi connectivity index (χ0) is 14.8. The van der Waals surface area contributed by atoms with Gasteiger partial charge < -0.3 is 16.0 Å². The molecule has 1 rings (SSSR count). The van der Waals surface area contributed by atoms with Crippen LogP contribution in [0.3, 0.4) is 0 Å². The first-order valence-electron chi connectivity index (χ1n) is 6.86. The maximum Gasteiger partial charge on any atom is 0.252 e. The molecule has 3 N–H and O–H groups in total. The fourth-order valence-electron chi connectivity index (χ4n) is 1.53. The van der Waals surface area contributed by atoms with Gasteiger partial charge in [-0.15, -0.1) is 24.0 Å². The zero-order valence-electron chi connectivity index (χ0n) is 12.7. The molecular weight excluding hydrogens is 381 g/mol. The maximum atomic E-state index is 11.8. The molecule has 0 aromatic carbocycles. The summed E-state index contributed by atoms with van der Waals surface area (Å²) < 4.78 is 0. The number of guanidine groups is 1. The van der Waals surface area contributed by atoms with E-state index in [0.717, 1.165) is 12.5 Å². The zero-order valence-corrected chi connectivity index (χ0v) is 15.0. The van der Waals surface area contributed by atoms with Gasteiger partial charge in [-0.2, -0.15) is 0 Å². The van der Waals surface area contributed by atoms with Gasteiger partial charge >= 0.3 is 0 Å². The largest absolute Gasteiger partial charge is 0.357 e. The molecule has 1 aromatic heterocycles. The summed E-state index contributed by atoms with van der Waals surface area (Å²) in [6.07, 6.45) is 3.18. The molecule has 0 aliphatic carbocycles. The molecule has 0 bridgehead atoms. The topological polar surface area (TPSA) is 78.4 Å². The summed E-state index contributed by atoms with van der Waals surface area (Å²) in [6, 6.07) is 3.79. The van der Waals surface area contributed by atoms with E-state index in [1.165, 1.54) is 0 Å². The van der Waals surface area contributed by atoms with Crippen molar-refractivity contribution in [1.29, 1.82) is 0 Å². The highest BCUT2D eigenvalue weighted by atomic mass is 127. The maximum absolute atomic E-state index is 11.8. The Kier molecular flexibility index (Phi) is 10.6. The third-order valence-corrected chi connectivity index (χ3v) is 2.36. The Morgan fingerprint density at radius 1 is 1.38 bits per heavy atom. The van der Waals surface area contributed by atoms with Crippen LogP contribution in [-0.4, -0.2) is 42.5 Å². The van der Waals surface area contributed by atoms with E-state index in [4.69, 9.17) is 0 Å². The molecule has 0 spiro atoms. The Bertz CT molecular complexity index is 436. The van der Waals surface area contributed by atoms with Crippen molar-refractivity contribution in [3.05, 3.63) is 30.1 Å². The van der Waals surface area contributed by atoms with Crippen molar-refractivity contribution in [2.75, 3.05) is 19.6 Å². The summed E-state index contributed by atoms with van der Waals surface area (Å²) in [6.45, 7) is 7.94. The van der Waals surface area contributed by atoms with Crippen LogP contribution in [0.2, 0.25) is 0 Å². The van der Waals surface area contributed by atoms with E-state index in [1.54, 1.807) is 24.5 Å². The van der Waals surface area contributed by atoms with Gasteiger partial charge in [0.2, 0.25) is 0 Å². The number of nitrogens with zero attached hydrogens (tertiary/aromatic N) is 2. The van der Waals surface area contributed by atoms with Crippen molar-refractivity contribution < 1.29 is 4.79 Å². The minimum Gasteiger partial charge on any atom is -0.357 e. The van der Waals surface area contributed by atoms with E-state index in [-0.39, 0.29) is 29.9 Å². The predicted molar refractivity (Wildman–Crippen MR) is 96.2 cm³/mol. The second kappa shape index (κ2) is 11.3. The fraction of sp³-hybridized carbons (Fsp3) is 0.500. The van der Waals surface area contributed by atoms with Crippen LogP contribution in [0.4, 0.5) is 0 Å². The van der Waals surface area contributed by atoms with Crippen molar-refractivity contribution in [3.63, 3.8) is 0 Å². The van der Waals surface area contributed by atoms with Crippen LogP contribution >= 0.6 is 24.0 Å². The molecule has 1 amide bonds. The average molecular weight is 405 g/mol. The second-order valence-corrected chi connectivity index (χ2v) is 4.56. The minimum atomic E-state index is -0.130. The van der Waals surface area contributed by atoms with Crippen molar-refractivity contribution >= 4 is 35.8 Å². The number of pyridine rings is 1. The molecule has 0 saturated carbocycles. The lowest BCUT2D eigenvalue weighted by molar-refractivity contribution is 0.0954. The van der Waals surface area contributed by atoms with Gasteiger partial charge in [-0.3, -0.25) is 14.8 Å². The molecule has 0 saturated heterocycles. The number of aromatic nitrogens is 1. The average Bonchev–Trinajstić information content (AvgIpc) is 2.44. The standard InChI is InChI=1S/C14H23N5O.HI/c1-4-16-14(19-11(2)3)18-9-8-17-13(20)12-6-5-7-15-10-12;/h5-7,10-11H,4,8-9H2,1-3H3,(H,17,20)(H2,16,18,19);1H. The summed E-state index contributed by atoms with van der Waals surface area (Å²) >= 11 is 0. The van der Waals surface area contributed by atoms with E-state index in [1.807, 2.05) is 6.92 Å². The Morgan fingerprint density at radius 2 is 2.14 bits per heavy atom. The van der Waals surface area contributed by atoms with Gasteiger partial charge in [0.25, 0.3) is 5.91 Å². The van der Waals surface area contributed by atoms with Crippen LogP contribution in [-0.2, 0) is 0 Å². The molecule has 0 atom stereocenters. The lowest BCUT2D eigenvalue weighted by Crippen LogP contribution is -2.41. The van der Waals surface area contributed by atoms with E-state index in [9.17, 15) is 4.79 Å². The van der Waals surface area contributed by atoms with Crippen molar-refractivity contribution in [2.24, 2.45) is 4.99 Å². The van der Waals surface area contributed by atoms with Crippen LogP contribution in [0.25, 0.3) is 0 Å². The molecule has 0 aliphatic heterocycles. The van der Waals surface area contributed by atoms with Gasteiger partial charge in [0.05, 0.1) is 12.1 Å². The van der Waals surface area contributed by atoms with Gasteiger partial charge in [0, 0.05) is 31.5 Å². The molecular formula is C14H24IN5O. The van der Waals surface area contributed by atoms with Crippen LogP contribution in [0.15, 0.2) is 29.5 Å². The van der Waals surface area contributed by atoms with E-state index >= 15 is 0 Å². The number of carbonyl (C=O) groups is 1. The van der Waals surface area contributed by atoms with E-state index < -0.39 is 0 Å². The second-order valence-electron chi connectivity index (χ2n) is 4.56. The summed E-state index contributed by atoms with van der Waals surface area (Å²) in [4.78, 5) is 20.1. The molecule has 0 radical (unpaired) electrons. The summed E-state index contributed by atoms with van der Waals surface area (Å²) in [5.41, 5.74) is 0.559. The molecule has 6 nitrogen and oxygen atoms in total. The lowest BCUT2D eigenvalue weighted by Gasteiger charge is -2.13. The highest BCUT2D eigenvalue weighted by Gasteiger charge is 2.03. The van der Waals surface area contributed by atoms with Gasteiger partial charge in [-0.1, -0.05) is 0 Å². The van der Waals surface area contributed by atoms with Gasteiger partial charge in [-0.05, 0) is 32.9 Å². The van der Waals surface area contributed by atoms with E-state index in [2.05, 4.69) is 39.8 Å². The number of nitrogens with one attached hydrogen (secondary N) is 3. The number of aliphatic imine (C=N–C) groups is 1. The molecule has 1 aromatic rings. The highest BCUT2D eigenvalue weighted by molar-refractivity contribution is 14.0. The van der Waals surface area contributed by atoms with Crippen molar-refractivity contribution in [2.45, 2.75) is 26.8 Å². The van der Waals surface area contributed by atoms with Crippen LogP contribution < -0.4 is 16.0 Å². The molecule has 118 valence electrons. The third-order valence-electron chi connectivity index (χ3n) is 2.36. The van der Waals surface area contributed by atoms with Gasteiger partial charge in [-0.25, -0.2) is 0 Å². The summed E-state index contributed by atoms with van der Waals surface area (Å²) in [5, 5.41) is 9.17. The van der Waals surface area contributed by atoms with Crippen LogP contribution in [0.1, 0.15) is 31.1 Å². The number of rotatable bonds is 6. The minimum absolute atomic E-state index is 0. The first-order valence-corrected chi connectivity index (χ1v) is 6.86. The third kappa shape index (κ3) is 8.49. The number of hydrogen-bond donors (Lipinski definition) is 3. The normalized spacial score (nSPS) is 10.8. The fourth-order valence-corrected chi connectivity index (χ4v) is 1.53. The van der Waals surface area contributed by atoms with Gasteiger partial charge in [0.15, 0.2) is 5.96 Å². The smallest absolute Gasteiger partial charge is 0.252 e. The lowest BCUT2D eigenvalue weighted by atomic mass is 10.3. The number of halogens is 1. The highest BCUT2D eigenvalue weighted by Crippen LogP contribution is 1.94. The first kappa shape index (κ1) is 19.6. The molecule has 1 heterocycles. The molecule has 0 aliphatic rings. The molecule has 0 unspecified atom stereocenters. The Morgan fingerprint density at radius 3 is 2.71 bits per heavy atom. The summed E-state index contributed by atoms with van der Waals surface area (Å²) in [5.74, 6) is 0.633. The van der Waals surface area contributed by atoms with Crippen LogP contribution in [0, 0.1) is 0 Å². The SMILES string of the molecule is CCNC(=NCCNC(=O)c1cccnc1)NC(C)C.I. The molecule has 0 fully saturated rings. The molecule has 7 heteroatoms. The van der Waals surface area contributed by atoms with E-state index in [0.29, 0.717) is 24.7 Å². The predicted octanol–water partition coefficient (Wildman–Crippen LogP) is 1.39. The number of carbonyl (C=O) groups excluding carboxylic acids is 1. The van der Waals surface area contributed by atoms with Crippen LogP contribution in [0.5, 0.6) is 0 Å². The quantitative estimate of drug-likeness (QED) is 0.289. The number of amides is 1. The van der Waals surface area contributed by atoms with Crippen molar-refractivity contribution in [3.8, 4) is 0 Å².